The van der Waals surface area contributed by atoms with Gasteiger partial charge in [-0.1, -0.05) is 26.2 Å². The second-order valence-electron chi connectivity index (χ2n) is 5.42. The molecule has 0 aromatic heterocycles. The van der Waals surface area contributed by atoms with Crippen LogP contribution in [0.3, 0.4) is 0 Å². The van der Waals surface area contributed by atoms with Crippen molar-refractivity contribution >= 4 is 5.78 Å². The Hall–Kier alpha value is -0.370. The van der Waals surface area contributed by atoms with Gasteiger partial charge in [-0.2, -0.15) is 0 Å². The quantitative estimate of drug-likeness (QED) is 0.716. The highest BCUT2D eigenvalue weighted by molar-refractivity contribution is 5.89. The van der Waals surface area contributed by atoms with Crippen molar-refractivity contribution in [1.82, 2.24) is 4.90 Å². The van der Waals surface area contributed by atoms with Gasteiger partial charge < -0.3 is 0 Å². The molecule has 2 aliphatic rings. The first-order valence-corrected chi connectivity index (χ1v) is 7.08. The minimum atomic E-state index is -0.0669. The van der Waals surface area contributed by atoms with Crippen molar-refractivity contribution in [2.45, 2.75) is 70.3 Å². The van der Waals surface area contributed by atoms with Gasteiger partial charge in [0.1, 0.15) is 0 Å². The lowest BCUT2D eigenvalue weighted by Gasteiger charge is -2.44. The van der Waals surface area contributed by atoms with Crippen LogP contribution in [0.4, 0.5) is 0 Å². The smallest absolute Gasteiger partial charge is 0.153 e. The van der Waals surface area contributed by atoms with Crippen LogP contribution in [0.2, 0.25) is 0 Å². The molecule has 0 amide bonds. The van der Waals surface area contributed by atoms with E-state index in [2.05, 4.69) is 11.8 Å². The predicted octanol–water partition coefficient (Wildman–Crippen LogP) is 3.15. The molecule has 2 heteroatoms. The summed E-state index contributed by atoms with van der Waals surface area (Å²) in [6.45, 7) is 4.51. The zero-order valence-corrected chi connectivity index (χ0v) is 10.6. The fourth-order valence-electron chi connectivity index (χ4n) is 3.51. The first-order chi connectivity index (χ1) is 7.79. The van der Waals surface area contributed by atoms with Gasteiger partial charge in [0, 0.05) is 6.42 Å². The molecule has 1 saturated carbocycles. The molecule has 0 aromatic rings. The molecule has 1 atom stereocenters. The molecule has 0 unspecified atom stereocenters. The number of nitrogens with zero attached hydrogens (tertiary/aromatic N) is 1. The summed E-state index contributed by atoms with van der Waals surface area (Å²) in [6, 6.07) is 0. The fourth-order valence-corrected chi connectivity index (χ4v) is 3.51. The summed E-state index contributed by atoms with van der Waals surface area (Å²) in [7, 11) is 0. The molecule has 1 heterocycles. The van der Waals surface area contributed by atoms with E-state index >= 15 is 0 Å². The van der Waals surface area contributed by atoms with Gasteiger partial charge in [-0.3, -0.25) is 9.69 Å². The van der Waals surface area contributed by atoms with Crippen molar-refractivity contribution < 1.29 is 4.79 Å². The first-order valence-electron chi connectivity index (χ1n) is 7.08. The van der Waals surface area contributed by atoms with E-state index in [0.717, 1.165) is 38.8 Å². The maximum Gasteiger partial charge on any atom is 0.153 e. The average molecular weight is 223 g/mol. The van der Waals surface area contributed by atoms with Crippen LogP contribution < -0.4 is 0 Å². The third-order valence-corrected chi connectivity index (χ3v) is 4.56. The van der Waals surface area contributed by atoms with E-state index in [1.54, 1.807) is 0 Å². The Morgan fingerprint density at radius 2 is 1.75 bits per heavy atom. The van der Waals surface area contributed by atoms with E-state index in [1.165, 1.54) is 32.1 Å². The van der Waals surface area contributed by atoms with Gasteiger partial charge in [0.25, 0.3) is 0 Å². The zero-order valence-electron chi connectivity index (χ0n) is 10.6. The summed E-state index contributed by atoms with van der Waals surface area (Å²) in [4.78, 5) is 14.8. The number of likely N-dealkylation sites (tertiary alicyclic amines) is 1. The molecule has 2 nitrogen and oxygen atoms in total. The van der Waals surface area contributed by atoms with E-state index in [0.29, 0.717) is 5.78 Å². The van der Waals surface area contributed by atoms with Crippen molar-refractivity contribution in [2.24, 2.45) is 0 Å². The Morgan fingerprint density at radius 3 is 2.31 bits per heavy atom. The van der Waals surface area contributed by atoms with Crippen LogP contribution >= 0.6 is 0 Å². The van der Waals surface area contributed by atoms with Crippen LogP contribution in [0.1, 0.15) is 64.7 Å². The normalized spacial score (nSPS) is 33.7. The van der Waals surface area contributed by atoms with E-state index in [-0.39, 0.29) is 5.54 Å². The molecule has 0 N–H and O–H groups in total. The van der Waals surface area contributed by atoms with Crippen LogP contribution in [0.5, 0.6) is 0 Å². The molecule has 1 aliphatic carbocycles. The number of rotatable bonds is 2. The number of hydrogen-bond donors (Lipinski definition) is 0. The lowest BCUT2D eigenvalue weighted by atomic mass is 9.77. The summed E-state index contributed by atoms with van der Waals surface area (Å²) in [5.74, 6) is 0.531. The lowest BCUT2D eigenvalue weighted by Crippen LogP contribution is -2.56. The molecule has 2 rings (SSSR count). The maximum absolute atomic E-state index is 12.3. The highest BCUT2D eigenvalue weighted by Crippen LogP contribution is 2.35. The molecule has 1 saturated heterocycles. The third kappa shape index (κ3) is 2.17. The summed E-state index contributed by atoms with van der Waals surface area (Å²) in [5, 5.41) is 0. The van der Waals surface area contributed by atoms with E-state index in [4.69, 9.17) is 0 Å². The summed E-state index contributed by atoms with van der Waals surface area (Å²) < 4.78 is 0. The van der Waals surface area contributed by atoms with Gasteiger partial charge in [0.05, 0.1) is 5.54 Å². The molecule has 0 radical (unpaired) electrons. The fraction of sp³-hybridized carbons (Fsp3) is 0.929. The molecule has 0 spiro atoms. The van der Waals surface area contributed by atoms with Crippen molar-refractivity contribution in [3.63, 3.8) is 0 Å². The number of carbonyl (C=O) groups is 1. The third-order valence-electron chi connectivity index (χ3n) is 4.56. The predicted molar refractivity (Wildman–Crippen MR) is 66.5 cm³/mol. The van der Waals surface area contributed by atoms with Crippen LogP contribution in [0.15, 0.2) is 0 Å². The molecule has 0 bridgehead atoms. The van der Waals surface area contributed by atoms with Crippen molar-refractivity contribution in [3.05, 3.63) is 0 Å². The number of hydrogen-bond acceptors (Lipinski definition) is 2. The van der Waals surface area contributed by atoms with E-state index in [1.807, 2.05) is 0 Å². The minimum Gasteiger partial charge on any atom is -0.298 e. The van der Waals surface area contributed by atoms with Crippen LogP contribution in [-0.4, -0.2) is 29.3 Å². The van der Waals surface area contributed by atoms with Gasteiger partial charge in [-0.15, -0.1) is 0 Å². The highest BCUT2D eigenvalue weighted by atomic mass is 16.1. The standard InChI is InChI=1S/C14H25NO/c1-2-14(10-6-5-9-13(14)16)15-11-7-3-4-8-12-15/h2-12H2,1H3/t14-/m0/s1. The summed E-state index contributed by atoms with van der Waals surface area (Å²) >= 11 is 0. The monoisotopic (exact) mass is 223 g/mol. The minimum absolute atomic E-state index is 0.0669. The van der Waals surface area contributed by atoms with Crippen LogP contribution in [0.25, 0.3) is 0 Å². The molecule has 16 heavy (non-hydrogen) atoms. The molecule has 92 valence electrons. The molecular formula is C14H25NO. The van der Waals surface area contributed by atoms with Crippen molar-refractivity contribution in [1.29, 1.82) is 0 Å². The topological polar surface area (TPSA) is 20.3 Å². The van der Waals surface area contributed by atoms with Crippen LogP contribution in [-0.2, 0) is 4.79 Å². The molecule has 1 aliphatic heterocycles. The lowest BCUT2D eigenvalue weighted by molar-refractivity contribution is -0.134. The van der Waals surface area contributed by atoms with Gasteiger partial charge >= 0.3 is 0 Å². The maximum atomic E-state index is 12.3. The van der Waals surface area contributed by atoms with E-state index in [9.17, 15) is 4.79 Å². The van der Waals surface area contributed by atoms with Gasteiger partial charge in [0.2, 0.25) is 0 Å². The zero-order chi connectivity index (χ0) is 11.4. The highest BCUT2D eigenvalue weighted by Gasteiger charge is 2.42. The van der Waals surface area contributed by atoms with Gasteiger partial charge in [0.15, 0.2) is 5.78 Å². The Balaban J connectivity index is 2.14. The summed E-state index contributed by atoms with van der Waals surface area (Å²) in [5.41, 5.74) is -0.0669. The van der Waals surface area contributed by atoms with Gasteiger partial charge in [-0.25, -0.2) is 0 Å². The SMILES string of the molecule is CC[C@]1(N2CCCCCC2)CCCCC1=O. The number of Topliss-reactive ketones (excluding diaryl/α,β-unsaturated/α-hetero) is 1. The van der Waals surface area contributed by atoms with Crippen LogP contribution in [0, 0.1) is 0 Å². The van der Waals surface area contributed by atoms with Crippen molar-refractivity contribution in [2.75, 3.05) is 13.1 Å². The average Bonchev–Trinajstić information content (AvgIpc) is 2.59. The molecular weight excluding hydrogens is 198 g/mol. The molecule has 0 aromatic carbocycles. The summed E-state index contributed by atoms with van der Waals surface area (Å²) in [6.07, 6.45) is 10.6. The van der Waals surface area contributed by atoms with Crippen molar-refractivity contribution in [3.8, 4) is 0 Å². The first kappa shape index (κ1) is 12.1. The molecule has 2 fully saturated rings. The Morgan fingerprint density at radius 1 is 1.06 bits per heavy atom. The Kier molecular flexibility index (Phi) is 4.01. The largest absolute Gasteiger partial charge is 0.298 e. The van der Waals surface area contributed by atoms with E-state index < -0.39 is 0 Å². The Labute approximate surface area is 99.4 Å². The second-order valence-corrected chi connectivity index (χ2v) is 5.42. The second kappa shape index (κ2) is 5.31. The van der Waals surface area contributed by atoms with Gasteiger partial charge in [-0.05, 0) is 45.2 Å². The Bertz CT molecular complexity index is 243. The number of ketones is 1. The number of carbonyl (C=O) groups excluding carboxylic acids is 1.